The minimum atomic E-state index is -3.54. The monoisotopic (exact) mass is 331 g/mol. The average Bonchev–Trinajstić information content (AvgIpc) is 2.98. The summed E-state index contributed by atoms with van der Waals surface area (Å²) >= 11 is 2.65. The highest BCUT2D eigenvalue weighted by molar-refractivity contribution is 7.91. The normalized spacial score (nSPS) is 13.8. The summed E-state index contributed by atoms with van der Waals surface area (Å²) < 4.78 is 26.8. The second kappa shape index (κ2) is 5.80. The van der Waals surface area contributed by atoms with E-state index in [4.69, 9.17) is 5.73 Å². The molecule has 2 N–H and O–H groups in total. The van der Waals surface area contributed by atoms with Crippen molar-refractivity contribution in [1.82, 2.24) is 9.29 Å². The van der Waals surface area contributed by atoms with Crippen LogP contribution in [0, 0.1) is 6.92 Å². The van der Waals surface area contributed by atoms with Crippen LogP contribution in [0.25, 0.3) is 0 Å². The average molecular weight is 331 g/mol. The highest BCUT2D eigenvalue weighted by Crippen LogP contribution is 2.29. The molecule has 2 rings (SSSR count). The lowest BCUT2D eigenvalue weighted by Gasteiger charge is -2.23. The summed E-state index contributed by atoms with van der Waals surface area (Å²) in [5, 5.41) is 2.27. The fourth-order valence-electron chi connectivity index (χ4n) is 1.86. The Morgan fingerprint density at radius 2 is 2.20 bits per heavy atom. The van der Waals surface area contributed by atoms with Crippen LogP contribution in [0.4, 0.5) is 5.13 Å². The Labute approximate surface area is 127 Å². The maximum atomic E-state index is 12.6. The lowest BCUT2D eigenvalue weighted by molar-refractivity contribution is 0.389. The van der Waals surface area contributed by atoms with Crippen LogP contribution in [0.15, 0.2) is 21.7 Å². The number of rotatable bonds is 5. The molecule has 0 saturated carbocycles. The lowest BCUT2D eigenvalue weighted by Crippen LogP contribution is -2.36. The minimum Gasteiger partial charge on any atom is -0.375 e. The van der Waals surface area contributed by atoms with Gasteiger partial charge in [-0.05, 0) is 31.7 Å². The Bertz CT molecular complexity index is 677. The number of nitrogens with two attached hydrogens (primary N) is 1. The second-order valence-corrected chi connectivity index (χ2v) is 8.83. The summed E-state index contributed by atoms with van der Waals surface area (Å²) in [5.74, 6) is 0. The van der Waals surface area contributed by atoms with Gasteiger partial charge in [0.05, 0.1) is 5.69 Å². The molecule has 0 spiro atoms. The quantitative estimate of drug-likeness (QED) is 0.912. The third-order valence-electron chi connectivity index (χ3n) is 3.08. The van der Waals surface area contributed by atoms with E-state index >= 15 is 0 Å². The number of thiophene rings is 1. The first-order valence-corrected chi connectivity index (χ1v) is 9.19. The summed E-state index contributed by atoms with van der Waals surface area (Å²) in [6.07, 6.45) is 0.695. The van der Waals surface area contributed by atoms with Crippen LogP contribution in [0.3, 0.4) is 0 Å². The van der Waals surface area contributed by atoms with Gasteiger partial charge in [0.25, 0.3) is 10.0 Å². The Morgan fingerprint density at radius 1 is 1.50 bits per heavy atom. The molecule has 1 atom stereocenters. The fourth-order valence-corrected chi connectivity index (χ4v) is 5.51. The van der Waals surface area contributed by atoms with Crippen LogP contribution in [-0.4, -0.2) is 30.8 Å². The number of hydrogen-bond acceptors (Lipinski definition) is 6. The fraction of sp³-hybridized carbons (Fsp3) is 0.417. The van der Waals surface area contributed by atoms with Crippen molar-refractivity contribution in [2.45, 2.75) is 30.5 Å². The summed E-state index contributed by atoms with van der Waals surface area (Å²) in [7, 11) is -1.94. The van der Waals surface area contributed by atoms with E-state index in [-0.39, 0.29) is 15.4 Å². The third kappa shape index (κ3) is 3.03. The molecule has 0 aliphatic heterocycles. The molecule has 0 radical (unpaired) electrons. The molecule has 0 aliphatic rings. The number of aromatic nitrogens is 1. The number of nitrogens with zero attached hydrogens (tertiary/aromatic N) is 2. The molecule has 1 unspecified atom stereocenters. The smallest absolute Gasteiger partial charge is 0.254 e. The Hall–Kier alpha value is -0.960. The van der Waals surface area contributed by atoms with E-state index in [0.717, 1.165) is 11.3 Å². The van der Waals surface area contributed by atoms with Crippen molar-refractivity contribution in [2.24, 2.45) is 0 Å². The van der Waals surface area contributed by atoms with Crippen molar-refractivity contribution >= 4 is 37.8 Å². The van der Waals surface area contributed by atoms with E-state index in [1.807, 2.05) is 24.4 Å². The van der Waals surface area contributed by atoms with Crippen LogP contribution in [-0.2, 0) is 16.4 Å². The maximum Gasteiger partial charge on any atom is 0.254 e. The number of hydrogen-bond donors (Lipinski definition) is 1. The predicted octanol–water partition coefficient (Wildman–Crippen LogP) is 2.35. The topological polar surface area (TPSA) is 76.3 Å². The van der Waals surface area contributed by atoms with Crippen molar-refractivity contribution in [1.29, 1.82) is 0 Å². The maximum absolute atomic E-state index is 12.6. The predicted molar refractivity (Wildman–Crippen MR) is 83.7 cm³/mol. The molecule has 0 aliphatic carbocycles. The lowest BCUT2D eigenvalue weighted by atomic mass is 10.2. The Morgan fingerprint density at radius 3 is 2.70 bits per heavy atom. The van der Waals surface area contributed by atoms with Crippen molar-refractivity contribution in [3.05, 3.63) is 28.1 Å². The summed E-state index contributed by atoms with van der Waals surface area (Å²) in [4.78, 5) is 5.15. The molecule has 0 amide bonds. The first-order chi connectivity index (χ1) is 9.32. The molecule has 2 aromatic heterocycles. The van der Waals surface area contributed by atoms with E-state index in [2.05, 4.69) is 4.98 Å². The van der Waals surface area contributed by atoms with E-state index in [1.165, 1.54) is 9.18 Å². The van der Waals surface area contributed by atoms with Gasteiger partial charge in [-0.25, -0.2) is 13.4 Å². The van der Waals surface area contributed by atoms with Crippen LogP contribution in [0.2, 0.25) is 0 Å². The van der Waals surface area contributed by atoms with E-state index < -0.39 is 10.0 Å². The number of nitrogen functional groups attached to an aromatic ring is 1. The van der Waals surface area contributed by atoms with Crippen LogP contribution in [0.5, 0.6) is 0 Å². The molecule has 0 bridgehead atoms. The van der Waals surface area contributed by atoms with Gasteiger partial charge in [-0.2, -0.15) is 4.31 Å². The van der Waals surface area contributed by atoms with Gasteiger partial charge in [0, 0.05) is 18.0 Å². The molecule has 20 heavy (non-hydrogen) atoms. The van der Waals surface area contributed by atoms with Gasteiger partial charge in [-0.15, -0.1) is 11.3 Å². The van der Waals surface area contributed by atoms with Gasteiger partial charge in [0.1, 0.15) is 0 Å². The molecule has 2 heterocycles. The zero-order valence-electron chi connectivity index (χ0n) is 11.5. The molecule has 0 fully saturated rings. The van der Waals surface area contributed by atoms with Crippen molar-refractivity contribution < 1.29 is 8.42 Å². The van der Waals surface area contributed by atoms with Crippen molar-refractivity contribution in [3.8, 4) is 0 Å². The first-order valence-electron chi connectivity index (χ1n) is 6.05. The molecular weight excluding hydrogens is 314 g/mol. The number of thiazole rings is 1. The highest BCUT2D eigenvalue weighted by Gasteiger charge is 2.29. The number of aryl methyl sites for hydroxylation is 1. The number of likely N-dealkylation sites (N-methyl/N-ethyl adjacent to an activating group) is 1. The summed E-state index contributed by atoms with van der Waals surface area (Å²) in [6.45, 7) is 3.56. The van der Waals surface area contributed by atoms with Gasteiger partial charge in [-0.3, -0.25) is 0 Å². The molecule has 110 valence electrons. The molecule has 2 aromatic rings. The van der Waals surface area contributed by atoms with Crippen LogP contribution >= 0.6 is 22.7 Å². The zero-order valence-corrected chi connectivity index (χ0v) is 14.0. The third-order valence-corrected chi connectivity index (χ3v) is 7.53. The number of sulfonamides is 1. The van der Waals surface area contributed by atoms with Crippen LogP contribution < -0.4 is 5.73 Å². The van der Waals surface area contributed by atoms with E-state index in [0.29, 0.717) is 12.1 Å². The van der Waals surface area contributed by atoms with E-state index in [9.17, 15) is 8.42 Å². The highest BCUT2D eigenvalue weighted by atomic mass is 32.2. The molecule has 0 aromatic carbocycles. The SMILES string of the molecule is Cc1nc(N)sc1S(=O)(=O)N(C)C(C)Cc1cccs1. The van der Waals surface area contributed by atoms with Gasteiger partial charge < -0.3 is 5.73 Å². The number of anilines is 1. The summed E-state index contributed by atoms with van der Waals surface area (Å²) in [6, 6.07) is 3.86. The zero-order chi connectivity index (χ0) is 14.9. The minimum absolute atomic E-state index is 0.124. The van der Waals surface area contributed by atoms with E-state index in [1.54, 1.807) is 25.3 Å². The molecular formula is C12H17N3O2S3. The Balaban J connectivity index is 2.22. The standard InChI is InChI=1S/C12H17N3O2S3/c1-8(7-10-5-4-6-18-10)15(3)20(16,17)11-9(2)14-12(13)19-11/h4-6,8H,7H2,1-3H3,(H2,13,14). The summed E-state index contributed by atoms with van der Waals surface area (Å²) in [5.41, 5.74) is 6.05. The molecule has 5 nitrogen and oxygen atoms in total. The van der Waals surface area contributed by atoms with Gasteiger partial charge in [0.2, 0.25) is 0 Å². The first kappa shape index (κ1) is 15.4. The molecule has 8 heteroatoms. The van der Waals surface area contributed by atoms with Gasteiger partial charge in [-0.1, -0.05) is 17.4 Å². The van der Waals surface area contributed by atoms with Crippen molar-refractivity contribution in [2.75, 3.05) is 12.8 Å². The van der Waals surface area contributed by atoms with Gasteiger partial charge >= 0.3 is 0 Å². The molecule has 0 saturated heterocycles. The van der Waals surface area contributed by atoms with Gasteiger partial charge in [0.15, 0.2) is 9.34 Å². The second-order valence-electron chi connectivity index (χ2n) is 4.58. The van der Waals surface area contributed by atoms with Crippen molar-refractivity contribution in [3.63, 3.8) is 0 Å². The Kier molecular flexibility index (Phi) is 4.48. The largest absolute Gasteiger partial charge is 0.375 e. The van der Waals surface area contributed by atoms with Crippen LogP contribution in [0.1, 0.15) is 17.5 Å².